The third-order valence-corrected chi connectivity index (χ3v) is 4.85. The Morgan fingerprint density at radius 1 is 1.16 bits per heavy atom. The molecule has 3 rings (SSSR count). The van der Waals surface area contributed by atoms with Gasteiger partial charge in [-0.25, -0.2) is 9.59 Å². The van der Waals surface area contributed by atoms with Gasteiger partial charge in [-0.15, -0.1) is 0 Å². The molecule has 0 unspecified atom stereocenters. The molecular weight excluding hydrogens is 423 g/mol. The predicted octanol–water partition coefficient (Wildman–Crippen LogP) is 3.26. The summed E-state index contributed by atoms with van der Waals surface area (Å²) in [4.78, 5) is 37.0. The van der Waals surface area contributed by atoms with Crippen LogP contribution in [0.5, 0.6) is 5.75 Å². The van der Waals surface area contributed by atoms with E-state index in [4.69, 9.17) is 13.9 Å². The third-order valence-electron chi connectivity index (χ3n) is 4.85. The molecule has 2 aromatic rings. The number of amides is 1. The van der Waals surface area contributed by atoms with E-state index in [1.54, 1.807) is 18.2 Å². The van der Waals surface area contributed by atoms with E-state index in [9.17, 15) is 27.6 Å². The molecule has 0 saturated carbocycles. The van der Waals surface area contributed by atoms with Crippen molar-refractivity contribution < 1.29 is 41.4 Å². The van der Waals surface area contributed by atoms with Crippen molar-refractivity contribution in [3.8, 4) is 5.75 Å². The highest BCUT2D eigenvalue weighted by Crippen LogP contribution is 2.25. The van der Waals surface area contributed by atoms with E-state index in [2.05, 4.69) is 4.74 Å². The summed E-state index contributed by atoms with van der Waals surface area (Å²) in [6.07, 6.45) is -5.20. The Kier molecular flexibility index (Phi) is 6.71. The van der Waals surface area contributed by atoms with Crippen molar-refractivity contribution in [2.24, 2.45) is 5.92 Å². The highest BCUT2D eigenvalue weighted by Gasteiger charge is 2.33. The van der Waals surface area contributed by atoms with Crippen LogP contribution >= 0.6 is 0 Å². The highest BCUT2D eigenvalue weighted by molar-refractivity contribution is 5.82. The minimum atomic E-state index is -4.60. The van der Waals surface area contributed by atoms with Gasteiger partial charge in [0, 0.05) is 36.2 Å². The Bertz CT molecular complexity index is 1010. The lowest BCUT2D eigenvalue weighted by Gasteiger charge is -2.30. The van der Waals surface area contributed by atoms with Gasteiger partial charge in [0.15, 0.2) is 6.61 Å². The number of likely N-dealkylation sites (tertiary alicyclic amines) is 1. The van der Waals surface area contributed by atoms with Crippen molar-refractivity contribution in [3.05, 3.63) is 40.2 Å². The molecule has 1 amide bonds. The summed E-state index contributed by atoms with van der Waals surface area (Å²) in [7, 11) is 1.48. The van der Waals surface area contributed by atoms with Gasteiger partial charge < -0.3 is 23.5 Å². The molecule has 1 aliphatic rings. The van der Waals surface area contributed by atoms with Crippen LogP contribution in [-0.2, 0) is 20.9 Å². The van der Waals surface area contributed by atoms with E-state index < -0.39 is 36.4 Å². The van der Waals surface area contributed by atoms with Crippen molar-refractivity contribution in [1.82, 2.24) is 4.90 Å². The average Bonchev–Trinajstić information content (AvgIpc) is 2.74. The van der Waals surface area contributed by atoms with Gasteiger partial charge in [0.1, 0.15) is 17.9 Å². The fourth-order valence-electron chi connectivity index (χ4n) is 3.26. The quantitative estimate of drug-likeness (QED) is 0.517. The number of fused-ring (bicyclic) bond motifs is 1. The van der Waals surface area contributed by atoms with Crippen LogP contribution in [0, 0.1) is 5.92 Å². The zero-order chi connectivity index (χ0) is 22.6. The molecule has 8 nitrogen and oxygen atoms in total. The van der Waals surface area contributed by atoms with Crippen LogP contribution in [0.15, 0.2) is 33.5 Å². The first-order valence-corrected chi connectivity index (χ1v) is 9.42. The minimum absolute atomic E-state index is 0.0775. The Morgan fingerprint density at radius 3 is 2.52 bits per heavy atom. The lowest BCUT2D eigenvalue weighted by atomic mass is 9.97. The second kappa shape index (κ2) is 9.27. The molecular formula is C20H20F3NO7. The fourth-order valence-corrected chi connectivity index (χ4v) is 3.26. The van der Waals surface area contributed by atoms with E-state index in [0.717, 1.165) is 4.90 Å². The molecule has 1 aromatic carbocycles. The number of alkyl halides is 3. The van der Waals surface area contributed by atoms with Crippen LogP contribution in [-0.4, -0.2) is 49.9 Å². The van der Waals surface area contributed by atoms with Crippen molar-refractivity contribution in [2.45, 2.75) is 25.6 Å². The summed E-state index contributed by atoms with van der Waals surface area (Å²) in [5.74, 6) is -0.526. The molecule has 0 N–H and O–H groups in total. The van der Waals surface area contributed by atoms with Crippen LogP contribution in [0.3, 0.4) is 0 Å². The Labute approximate surface area is 174 Å². The smallest absolute Gasteiger partial charge is 0.422 e. The lowest BCUT2D eigenvalue weighted by molar-refractivity contribution is -0.163. The summed E-state index contributed by atoms with van der Waals surface area (Å²) in [5, 5.41) is 0.593. The summed E-state index contributed by atoms with van der Waals surface area (Å²) in [5.41, 5.74) is 0.163. The SMILES string of the molecule is COc1ccc2c(COC(=O)C3CCN(C(=O)OCC(F)(F)F)CC3)cc(=O)oc2c1. The molecule has 168 valence electrons. The van der Waals surface area contributed by atoms with Crippen molar-refractivity contribution in [2.75, 3.05) is 26.8 Å². The van der Waals surface area contributed by atoms with E-state index in [1.807, 2.05) is 0 Å². The van der Waals surface area contributed by atoms with E-state index in [1.165, 1.54) is 13.2 Å². The van der Waals surface area contributed by atoms with Crippen molar-refractivity contribution in [1.29, 1.82) is 0 Å². The Balaban J connectivity index is 1.55. The van der Waals surface area contributed by atoms with Gasteiger partial charge in [-0.3, -0.25) is 4.79 Å². The molecule has 0 radical (unpaired) electrons. The first-order chi connectivity index (χ1) is 14.7. The number of methoxy groups -OCH3 is 1. The standard InChI is InChI=1S/C20H20F3NO7/c1-28-14-2-3-15-13(8-17(25)31-16(15)9-14)10-29-18(26)12-4-6-24(7-5-12)19(27)30-11-20(21,22)23/h2-3,8-9,12H,4-7,10-11H2,1H3. The van der Waals surface area contributed by atoms with Crippen molar-refractivity contribution in [3.63, 3.8) is 0 Å². The van der Waals surface area contributed by atoms with Gasteiger partial charge in [-0.05, 0) is 25.0 Å². The van der Waals surface area contributed by atoms with Crippen LogP contribution in [0.4, 0.5) is 18.0 Å². The van der Waals surface area contributed by atoms with Crippen LogP contribution in [0.2, 0.25) is 0 Å². The van der Waals surface area contributed by atoms with Crippen molar-refractivity contribution >= 4 is 23.0 Å². The second-order valence-corrected chi connectivity index (χ2v) is 6.99. The first kappa shape index (κ1) is 22.4. The number of esters is 1. The molecule has 0 atom stereocenters. The number of hydrogen-bond acceptors (Lipinski definition) is 7. The van der Waals surface area contributed by atoms with Crippen LogP contribution in [0.25, 0.3) is 11.0 Å². The Morgan fingerprint density at radius 2 is 1.87 bits per heavy atom. The molecule has 1 aromatic heterocycles. The normalized spacial score (nSPS) is 15.0. The number of benzene rings is 1. The van der Waals surface area contributed by atoms with Gasteiger partial charge in [-0.2, -0.15) is 13.2 Å². The predicted molar refractivity (Wildman–Crippen MR) is 101 cm³/mol. The molecule has 11 heteroatoms. The average molecular weight is 443 g/mol. The topological polar surface area (TPSA) is 95.3 Å². The molecule has 2 heterocycles. The summed E-state index contributed by atoms with van der Waals surface area (Å²) < 4.78 is 56.2. The molecule has 31 heavy (non-hydrogen) atoms. The van der Waals surface area contributed by atoms with E-state index in [0.29, 0.717) is 22.3 Å². The maximum Gasteiger partial charge on any atom is 0.422 e. The maximum atomic E-state index is 12.4. The summed E-state index contributed by atoms with van der Waals surface area (Å²) in [6.45, 7) is -1.65. The van der Waals surface area contributed by atoms with E-state index >= 15 is 0 Å². The number of ether oxygens (including phenoxy) is 3. The number of carbonyl (C=O) groups excluding carboxylic acids is 2. The fraction of sp³-hybridized carbons (Fsp3) is 0.450. The van der Waals surface area contributed by atoms with Gasteiger partial charge in [0.25, 0.3) is 0 Å². The molecule has 0 spiro atoms. The number of carbonyl (C=O) groups is 2. The zero-order valence-electron chi connectivity index (χ0n) is 16.6. The van der Waals surface area contributed by atoms with Gasteiger partial charge in [0.2, 0.25) is 0 Å². The third kappa shape index (κ3) is 5.89. The summed E-state index contributed by atoms with van der Waals surface area (Å²) >= 11 is 0. The zero-order valence-corrected chi connectivity index (χ0v) is 16.6. The van der Waals surface area contributed by atoms with Gasteiger partial charge in [-0.1, -0.05) is 0 Å². The molecule has 0 bridgehead atoms. The second-order valence-electron chi connectivity index (χ2n) is 6.99. The lowest BCUT2D eigenvalue weighted by Crippen LogP contribution is -2.41. The molecule has 1 aliphatic heterocycles. The first-order valence-electron chi connectivity index (χ1n) is 9.42. The monoisotopic (exact) mass is 443 g/mol. The van der Waals surface area contributed by atoms with E-state index in [-0.39, 0.29) is 32.5 Å². The van der Waals surface area contributed by atoms with Gasteiger partial charge in [0.05, 0.1) is 13.0 Å². The largest absolute Gasteiger partial charge is 0.497 e. The number of rotatable bonds is 5. The number of piperidine rings is 1. The number of halogens is 3. The van der Waals surface area contributed by atoms with Crippen LogP contribution in [0.1, 0.15) is 18.4 Å². The molecule has 1 saturated heterocycles. The van der Waals surface area contributed by atoms with Gasteiger partial charge >= 0.3 is 23.9 Å². The van der Waals surface area contributed by atoms with Crippen LogP contribution < -0.4 is 10.4 Å². The highest BCUT2D eigenvalue weighted by atomic mass is 19.4. The minimum Gasteiger partial charge on any atom is -0.497 e. The Hall–Kier alpha value is -3.24. The molecule has 1 fully saturated rings. The molecule has 0 aliphatic carbocycles. The maximum absolute atomic E-state index is 12.4. The number of nitrogens with zero attached hydrogens (tertiary/aromatic N) is 1. The number of hydrogen-bond donors (Lipinski definition) is 0. The summed E-state index contributed by atoms with van der Waals surface area (Å²) in [6, 6.07) is 6.16.